The first kappa shape index (κ1) is 17.1. The molecule has 22 heavy (non-hydrogen) atoms. The fourth-order valence-corrected chi connectivity index (χ4v) is 2.85. The summed E-state index contributed by atoms with van der Waals surface area (Å²) in [7, 11) is 0. The Morgan fingerprint density at radius 1 is 1.45 bits per heavy atom. The van der Waals surface area contributed by atoms with Crippen molar-refractivity contribution in [2.75, 3.05) is 18.4 Å². The van der Waals surface area contributed by atoms with Gasteiger partial charge < -0.3 is 15.0 Å². The van der Waals surface area contributed by atoms with Gasteiger partial charge in [-0.2, -0.15) is 0 Å². The molecule has 4 nitrogen and oxygen atoms in total. The minimum atomic E-state index is -0.444. The van der Waals surface area contributed by atoms with Gasteiger partial charge in [-0.15, -0.1) is 0 Å². The number of nitrogens with one attached hydrogen (secondary N) is 1. The summed E-state index contributed by atoms with van der Waals surface area (Å²) in [5, 5.41) is 3.43. The van der Waals surface area contributed by atoms with Crippen LogP contribution in [0.5, 0.6) is 0 Å². The van der Waals surface area contributed by atoms with Crippen LogP contribution in [0, 0.1) is 6.92 Å². The van der Waals surface area contributed by atoms with Crippen LogP contribution in [-0.2, 0) is 4.74 Å². The first-order valence-corrected chi connectivity index (χ1v) is 8.55. The maximum absolute atomic E-state index is 12.3. The molecule has 0 spiro atoms. The predicted molar refractivity (Wildman–Crippen MR) is 93.3 cm³/mol. The van der Waals surface area contributed by atoms with Crippen LogP contribution in [-0.4, -0.2) is 35.7 Å². The smallest absolute Gasteiger partial charge is 0.410 e. The zero-order chi connectivity index (χ0) is 16.3. The molecular weight excluding hydrogens is 344 g/mol. The predicted octanol–water partition coefficient (Wildman–Crippen LogP) is 4.57. The van der Waals surface area contributed by atoms with Gasteiger partial charge in [0.1, 0.15) is 5.60 Å². The molecule has 0 bridgehead atoms. The monoisotopic (exact) mass is 368 g/mol. The molecule has 1 aliphatic rings. The number of likely N-dealkylation sites (tertiary alicyclic amines) is 1. The second-order valence-electron chi connectivity index (χ2n) is 6.81. The lowest BCUT2D eigenvalue weighted by Gasteiger charge is -2.29. The lowest BCUT2D eigenvalue weighted by atomic mass is 10.2. The molecule has 122 valence electrons. The molecule has 1 unspecified atom stereocenters. The maximum atomic E-state index is 12.3. The fraction of sp³-hybridized carbons (Fsp3) is 0.588. The van der Waals surface area contributed by atoms with Crippen molar-refractivity contribution >= 4 is 27.7 Å². The van der Waals surface area contributed by atoms with E-state index in [4.69, 9.17) is 4.74 Å². The average molecular weight is 369 g/mol. The third-order valence-electron chi connectivity index (χ3n) is 3.70. The molecular formula is C17H25BrN2O2. The van der Waals surface area contributed by atoms with Crippen molar-refractivity contribution in [2.24, 2.45) is 0 Å². The number of amides is 1. The van der Waals surface area contributed by atoms with E-state index in [1.165, 1.54) is 5.56 Å². The van der Waals surface area contributed by atoms with Gasteiger partial charge in [0.2, 0.25) is 0 Å². The van der Waals surface area contributed by atoms with E-state index in [-0.39, 0.29) is 12.1 Å². The molecule has 1 N–H and O–H groups in total. The van der Waals surface area contributed by atoms with E-state index < -0.39 is 5.60 Å². The Kier molecular flexibility index (Phi) is 5.37. The number of carbonyl (C=O) groups is 1. The van der Waals surface area contributed by atoms with E-state index >= 15 is 0 Å². The lowest BCUT2D eigenvalue weighted by Crippen LogP contribution is -2.42. The van der Waals surface area contributed by atoms with Gasteiger partial charge in [0.15, 0.2) is 0 Å². The number of carbonyl (C=O) groups excluding carboxylic acids is 1. The Hall–Kier alpha value is -1.23. The summed E-state index contributed by atoms with van der Waals surface area (Å²) in [6.45, 7) is 9.30. The van der Waals surface area contributed by atoms with Crippen LogP contribution in [0.25, 0.3) is 0 Å². The first-order valence-electron chi connectivity index (χ1n) is 7.76. The van der Waals surface area contributed by atoms with E-state index in [2.05, 4.69) is 34.2 Å². The Balaban J connectivity index is 1.93. The average Bonchev–Trinajstić information content (AvgIpc) is 2.87. The normalized spacial score (nSPS) is 18.4. The zero-order valence-electron chi connectivity index (χ0n) is 13.8. The van der Waals surface area contributed by atoms with E-state index in [0.29, 0.717) is 0 Å². The summed E-state index contributed by atoms with van der Waals surface area (Å²) in [6.07, 6.45) is 1.84. The van der Waals surface area contributed by atoms with Gasteiger partial charge in [-0.25, -0.2) is 4.79 Å². The van der Waals surface area contributed by atoms with Crippen molar-refractivity contribution < 1.29 is 9.53 Å². The molecule has 1 atom stereocenters. The number of halogens is 1. The molecule has 0 saturated carbocycles. The molecule has 1 fully saturated rings. The van der Waals surface area contributed by atoms with Gasteiger partial charge in [-0.1, -0.05) is 15.9 Å². The van der Waals surface area contributed by atoms with Crippen LogP contribution in [0.4, 0.5) is 10.5 Å². The SMILES string of the molecule is Cc1cc(NCC2CCCN2C(=O)OC(C)(C)C)ccc1Br. The van der Waals surface area contributed by atoms with Gasteiger partial charge in [0, 0.05) is 23.2 Å². The first-order chi connectivity index (χ1) is 10.3. The van der Waals surface area contributed by atoms with Crippen molar-refractivity contribution in [2.45, 2.75) is 52.2 Å². The zero-order valence-corrected chi connectivity index (χ0v) is 15.4. The third-order valence-corrected chi connectivity index (χ3v) is 4.59. The van der Waals surface area contributed by atoms with Gasteiger partial charge in [0.25, 0.3) is 0 Å². The Bertz CT molecular complexity index is 540. The molecule has 5 heteroatoms. The van der Waals surface area contributed by atoms with Crippen LogP contribution < -0.4 is 5.32 Å². The summed E-state index contributed by atoms with van der Waals surface area (Å²) >= 11 is 3.51. The van der Waals surface area contributed by atoms with E-state index in [9.17, 15) is 4.79 Å². The van der Waals surface area contributed by atoms with Gasteiger partial charge >= 0.3 is 6.09 Å². The topological polar surface area (TPSA) is 41.6 Å². The molecule has 2 rings (SSSR count). The minimum absolute atomic E-state index is 0.193. The van der Waals surface area contributed by atoms with Crippen LogP contribution in [0.15, 0.2) is 22.7 Å². The highest BCUT2D eigenvalue weighted by molar-refractivity contribution is 9.10. The van der Waals surface area contributed by atoms with Crippen molar-refractivity contribution in [1.82, 2.24) is 4.90 Å². The quantitative estimate of drug-likeness (QED) is 0.849. The highest BCUT2D eigenvalue weighted by atomic mass is 79.9. The molecule has 1 heterocycles. The number of hydrogen-bond donors (Lipinski definition) is 1. The molecule has 1 aromatic carbocycles. The highest BCUT2D eigenvalue weighted by Crippen LogP contribution is 2.23. The second kappa shape index (κ2) is 6.90. The minimum Gasteiger partial charge on any atom is -0.444 e. The summed E-state index contributed by atoms with van der Waals surface area (Å²) in [5.74, 6) is 0. The summed E-state index contributed by atoms with van der Waals surface area (Å²) in [5.41, 5.74) is 1.83. The van der Waals surface area contributed by atoms with Gasteiger partial charge in [0.05, 0.1) is 6.04 Å². The second-order valence-corrected chi connectivity index (χ2v) is 7.67. The van der Waals surface area contributed by atoms with Gasteiger partial charge in [-0.3, -0.25) is 0 Å². The summed E-state index contributed by atoms with van der Waals surface area (Å²) < 4.78 is 6.60. The molecule has 1 saturated heterocycles. The summed E-state index contributed by atoms with van der Waals surface area (Å²) in [4.78, 5) is 14.1. The van der Waals surface area contributed by atoms with E-state index in [1.807, 2.05) is 37.8 Å². The maximum Gasteiger partial charge on any atom is 0.410 e. The Morgan fingerprint density at radius 2 is 2.18 bits per heavy atom. The van der Waals surface area contributed by atoms with Crippen molar-refractivity contribution in [3.63, 3.8) is 0 Å². The number of hydrogen-bond acceptors (Lipinski definition) is 3. The Morgan fingerprint density at radius 3 is 2.82 bits per heavy atom. The number of aryl methyl sites for hydroxylation is 1. The van der Waals surface area contributed by atoms with Gasteiger partial charge in [-0.05, 0) is 64.3 Å². The van der Waals surface area contributed by atoms with Crippen LogP contribution in [0.2, 0.25) is 0 Å². The van der Waals surface area contributed by atoms with E-state index in [0.717, 1.165) is 36.1 Å². The van der Waals surface area contributed by atoms with Crippen molar-refractivity contribution in [3.05, 3.63) is 28.2 Å². The van der Waals surface area contributed by atoms with Crippen LogP contribution in [0.1, 0.15) is 39.2 Å². The number of anilines is 1. The fourth-order valence-electron chi connectivity index (χ4n) is 2.60. The molecule has 0 aromatic heterocycles. The van der Waals surface area contributed by atoms with Crippen LogP contribution >= 0.6 is 15.9 Å². The molecule has 1 amide bonds. The summed E-state index contributed by atoms with van der Waals surface area (Å²) in [6, 6.07) is 6.39. The van der Waals surface area contributed by atoms with Crippen molar-refractivity contribution in [1.29, 1.82) is 0 Å². The number of ether oxygens (including phenoxy) is 1. The third kappa shape index (κ3) is 4.63. The Labute approximate surface area is 141 Å². The lowest BCUT2D eigenvalue weighted by molar-refractivity contribution is 0.0235. The number of benzene rings is 1. The largest absolute Gasteiger partial charge is 0.444 e. The van der Waals surface area contributed by atoms with E-state index in [1.54, 1.807) is 0 Å². The molecule has 1 aliphatic heterocycles. The molecule has 1 aromatic rings. The van der Waals surface area contributed by atoms with Crippen molar-refractivity contribution in [3.8, 4) is 0 Å². The molecule has 0 radical (unpaired) electrons. The highest BCUT2D eigenvalue weighted by Gasteiger charge is 2.31. The molecule has 0 aliphatic carbocycles. The number of nitrogens with zero attached hydrogens (tertiary/aromatic N) is 1. The van der Waals surface area contributed by atoms with Crippen LogP contribution in [0.3, 0.4) is 0 Å². The standard InChI is InChI=1S/C17H25BrN2O2/c1-12-10-13(7-8-15(12)18)19-11-14-6-5-9-20(14)16(21)22-17(2,3)4/h7-8,10,14,19H,5-6,9,11H2,1-4H3. The number of rotatable bonds is 3.